The fourth-order valence-electron chi connectivity index (χ4n) is 3.38. The molecule has 1 aromatic rings. The van der Waals surface area contributed by atoms with Gasteiger partial charge in [-0.25, -0.2) is 0 Å². The molecule has 1 amide bonds. The number of carbonyl (C=O) groups excluding carboxylic acids is 1. The normalized spacial score (nSPS) is 19.2. The highest BCUT2D eigenvalue weighted by Gasteiger charge is 2.18. The average Bonchev–Trinajstić information content (AvgIpc) is 3.03. The van der Waals surface area contributed by atoms with Crippen LogP contribution in [0.1, 0.15) is 59.0 Å². The van der Waals surface area contributed by atoms with Gasteiger partial charge in [-0.05, 0) is 30.5 Å². The van der Waals surface area contributed by atoms with Crippen LogP contribution in [-0.2, 0) is 0 Å². The van der Waals surface area contributed by atoms with Gasteiger partial charge < -0.3 is 10.6 Å². The highest BCUT2D eigenvalue weighted by atomic mass is 35.5. The van der Waals surface area contributed by atoms with Crippen molar-refractivity contribution in [1.29, 1.82) is 0 Å². The third-order valence-electron chi connectivity index (χ3n) is 4.77. The number of carbonyl (C=O) groups is 1. The molecule has 0 bridgehead atoms. The summed E-state index contributed by atoms with van der Waals surface area (Å²) in [6, 6.07) is 8.78. The third kappa shape index (κ3) is 6.70. The molecule has 0 radical (unpaired) electrons. The number of thioether (sulfide) groups is 2. The molecule has 1 aliphatic heterocycles. The van der Waals surface area contributed by atoms with Gasteiger partial charge in [0.25, 0.3) is 5.91 Å². The van der Waals surface area contributed by atoms with E-state index in [0.717, 1.165) is 12.1 Å². The van der Waals surface area contributed by atoms with Crippen molar-refractivity contribution in [2.45, 2.75) is 49.1 Å². The van der Waals surface area contributed by atoms with Gasteiger partial charge in [0.1, 0.15) is 0 Å². The number of nitrogens with one attached hydrogen (secondary N) is 2. The van der Waals surface area contributed by atoms with E-state index in [0.29, 0.717) is 17.2 Å². The summed E-state index contributed by atoms with van der Waals surface area (Å²) in [7, 11) is 0. The molecular weight excluding hydrogens is 372 g/mol. The molecule has 1 aromatic carbocycles. The van der Waals surface area contributed by atoms with E-state index in [2.05, 4.69) is 22.8 Å². The van der Waals surface area contributed by atoms with Crippen LogP contribution in [0.3, 0.4) is 0 Å². The minimum Gasteiger partial charge on any atom is -0.351 e. The Morgan fingerprint density at radius 3 is 2.24 bits per heavy atom. The summed E-state index contributed by atoms with van der Waals surface area (Å²) >= 11 is 3.99. The Kier molecular flexibility index (Phi) is 9.53. The number of rotatable bonds is 6. The Labute approximate surface area is 166 Å². The number of hydrogen-bond donors (Lipinski definition) is 2. The summed E-state index contributed by atoms with van der Waals surface area (Å²) in [6.45, 7) is 1.56. The Morgan fingerprint density at radius 2 is 1.60 bits per heavy atom. The molecule has 3 nitrogen and oxygen atoms in total. The van der Waals surface area contributed by atoms with Crippen LogP contribution < -0.4 is 10.6 Å². The zero-order valence-electron chi connectivity index (χ0n) is 14.7. The first-order chi connectivity index (χ1) is 11.8. The lowest BCUT2D eigenvalue weighted by Crippen LogP contribution is -2.36. The minimum absolute atomic E-state index is 0. The zero-order chi connectivity index (χ0) is 16.6. The zero-order valence-corrected chi connectivity index (χ0v) is 17.1. The van der Waals surface area contributed by atoms with Gasteiger partial charge in [0.05, 0.1) is 4.58 Å². The lowest BCUT2D eigenvalue weighted by Gasteiger charge is -2.16. The smallest absolute Gasteiger partial charge is 0.251 e. The minimum atomic E-state index is 0. The molecule has 3 rings (SSSR count). The van der Waals surface area contributed by atoms with Crippen molar-refractivity contribution in [3.8, 4) is 0 Å². The lowest BCUT2D eigenvalue weighted by atomic mass is 10.1. The van der Waals surface area contributed by atoms with Gasteiger partial charge in [-0.1, -0.05) is 37.8 Å². The predicted octanol–water partition coefficient (Wildman–Crippen LogP) is 4.63. The molecule has 1 aliphatic carbocycles. The van der Waals surface area contributed by atoms with E-state index in [1.165, 1.54) is 55.6 Å². The van der Waals surface area contributed by atoms with Crippen LogP contribution >= 0.6 is 35.9 Å². The van der Waals surface area contributed by atoms with Gasteiger partial charge in [-0.3, -0.25) is 4.79 Å². The Hall–Kier alpha value is -0.360. The molecule has 0 atom stereocenters. The second-order valence-electron chi connectivity index (χ2n) is 6.59. The Balaban J connectivity index is 0.00000225. The van der Waals surface area contributed by atoms with Crippen molar-refractivity contribution < 1.29 is 4.79 Å². The van der Waals surface area contributed by atoms with E-state index in [9.17, 15) is 4.79 Å². The van der Waals surface area contributed by atoms with Crippen LogP contribution in [0.25, 0.3) is 0 Å². The topological polar surface area (TPSA) is 41.1 Å². The van der Waals surface area contributed by atoms with Crippen molar-refractivity contribution in [2.24, 2.45) is 0 Å². The van der Waals surface area contributed by atoms with Crippen LogP contribution in [-0.4, -0.2) is 36.5 Å². The number of halogens is 1. The summed E-state index contributed by atoms with van der Waals surface area (Å²) in [5.41, 5.74) is 2.09. The van der Waals surface area contributed by atoms with Gasteiger partial charge >= 0.3 is 0 Å². The van der Waals surface area contributed by atoms with Crippen LogP contribution in [0, 0.1) is 0 Å². The molecule has 1 heterocycles. The molecule has 6 heteroatoms. The molecule has 0 spiro atoms. The predicted molar refractivity (Wildman–Crippen MR) is 113 cm³/mol. The highest BCUT2D eigenvalue weighted by Crippen LogP contribution is 2.45. The van der Waals surface area contributed by atoms with E-state index < -0.39 is 0 Å². The molecule has 140 valence electrons. The summed E-state index contributed by atoms with van der Waals surface area (Å²) in [4.78, 5) is 12.2. The van der Waals surface area contributed by atoms with Crippen molar-refractivity contribution in [3.05, 3.63) is 35.4 Å². The van der Waals surface area contributed by atoms with Gasteiger partial charge in [-0.2, -0.15) is 0 Å². The van der Waals surface area contributed by atoms with E-state index in [4.69, 9.17) is 0 Å². The molecule has 2 fully saturated rings. The van der Waals surface area contributed by atoms with Crippen LogP contribution in [0.4, 0.5) is 0 Å². The first kappa shape index (κ1) is 20.9. The SMILES string of the molecule is Cl.O=C(NCCNC1CCCCCC1)c1ccc(C2SCCS2)cc1. The van der Waals surface area contributed by atoms with E-state index in [1.54, 1.807) is 0 Å². The quantitative estimate of drug-likeness (QED) is 0.539. The molecule has 1 saturated heterocycles. The number of benzene rings is 1. The molecular formula is C19H29ClN2OS2. The molecule has 25 heavy (non-hydrogen) atoms. The third-order valence-corrected chi connectivity index (χ3v) is 7.87. The molecule has 0 aromatic heterocycles. The molecule has 0 unspecified atom stereocenters. The fourth-order valence-corrected chi connectivity index (χ4v) is 6.24. The standard InChI is InChI=1S/C19H28N2OS2.ClH/c22-18(21-12-11-20-17-5-3-1-2-4-6-17)15-7-9-16(10-8-15)19-23-13-14-24-19;/h7-10,17,19-20H,1-6,11-14H2,(H,21,22);1H. The van der Waals surface area contributed by atoms with Gasteiger partial charge in [-0.15, -0.1) is 35.9 Å². The summed E-state index contributed by atoms with van der Waals surface area (Å²) in [6.07, 6.45) is 8.01. The summed E-state index contributed by atoms with van der Waals surface area (Å²) < 4.78 is 0.547. The molecule has 1 saturated carbocycles. The average molecular weight is 401 g/mol. The monoisotopic (exact) mass is 400 g/mol. The van der Waals surface area contributed by atoms with Crippen molar-refractivity contribution in [1.82, 2.24) is 10.6 Å². The summed E-state index contributed by atoms with van der Waals surface area (Å²) in [5, 5.41) is 6.63. The maximum atomic E-state index is 12.2. The second-order valence-corrected chi connectivity index (χ2v) is 9.32. The van der Waals surface area contributed by atoms with Crippen molar-refractivity contribution in [2.75, 3.05) is 24.6 Å². The largest absolute Gasteiger partial charge is 0.351 e. The molecule has 2 N–H and O–H groups in total. The highest BCUT2D eigenvalue weighted by molar-refractivity contribution is 8.19. The van der Waals surface area contributed by atoms with Gasteiger partial charge in [0, 0.05) is 36.2 Å². The Morgan fingerprint density at radius 1 is 0.960 bits per heavy atom. The second kappa shape index (κ2) is 11.4. The first-order valence-electron chi connectivity index (χ1n) is 9.18. The van der Waals surface area contributed by atoms with Crippen molar-refractivity contribution >= 4 is 41.8 Å². The van der Waals surface area contributed by atoms with E-state index in [-0.39, 0.29) is 18.3 Å². The van der Waals surface area contributed by atoms with Crippen LogP contribution in [0.2, 0.25) is 0 Å². The first-order valence-corrected chi connectivity index (χ1v) is 11.3. The number of amides is 1. The maximum Gasteiger partial charge on any atom is 0.251 e. The lowest BCUT2D eigenvalue weighted by molar-refractivity contribution is 0.0953. The van der Waals surface area contributed by atoms with Crippen LogP contribution in [0.5, 0.6) is 0 Å². The Bertz CT molecular complexity index is 513. The maximum absolute atomic E-state index is 12.2. The van der Waals surface area contributed by atoms with Crippen LogP contribution in [0.15, 0.2) is 24.3 Å². The van der Waals surface area contributed by atoms with E-state index >= 15 is 0 Å². The fraction of sp³-hybridized carbons (Fsp3) is 0.632. The summed E-state index contributed by atoms with van der Waals surface area (Å²) in [5.74, 6) is 2.49. The van der Waals surface area contributed by atoms with E-state index in [1.807, 2.05) is 35.7 Å². The van der Waals surface area contributed by atoms with Crippen molar-refractivity contribution in [3.63, 3.8) is 0 Å². The van der Waals surface area contributed by atoms with Gasteiger partial charge in [0.2, 0.25) is 0 Å². The molecule has 2 aliphatic rings. The van der Waals surface area contributed by atoms with Gasteiger partial charge in [0.15, 0.2) is 0 Å². The number of hydrogen-bond acceptors (Lipinski definition) is 4.